The van der Waals surface area contributed by atoms with Gasteiger partial charge in [0, 0.05) is 31.7 Å². The minimum absolute atomic E-state index is 0.696. The summed E-state index contributed by atoms with van der Waals surface area (Å²) in [6.45, 7) is 8.37. The minimum atomic E-state index is 0.696. The average Bonchev–Trinajstić information content (AvgIpc) is 2.30. The van der Waals surface area contributed by atoms with Gasteiger partial charge in [-0.05, 0) is 38.5 Å². The summed E-state index contributed by atoms with van der Waals surface area (Å²) in [7, 11) is 0. The lowest BCUT2D eigenvalue weighted by atomic mass is 9.82. The topological polar surface area (TPSA) is 15.3 Å². The largest absolute Gasteiger partial charge is 0.312 e. The van der Waals surface area contributed by atoms with E-state index in [1.807, 2.05) is 0 Å². The van der Waals surface area contributed by atoms with Crippen LogP contribution in [0.3, 0.4) is 0 Å². The monoisotopic (exact) mass is 224 g/mol. The van der Waals surface area contributed by atoms with Crippen molar-refractivity contribution in [3.63, 3.8) is 0 Å². The highest BCUT2D eigenvalue weighted by molar-refractivity contribution is 4.84. The van der Waals surface area contributed by atoms with Crippen LogP contribution < -0.4 is 5.32 Å². The van der Waals surface area contributed by atoms with Gasteiger partial charge in [-0.15, -0.1) is 0 Å². The molecule has 0 aromatic rings. The second-order valence-electron chi connectivity index (χ2n) is 5.81. The van der Waals surface area contributed by atoms with Crippen LogP contribution in [0.25, 0.3) is 0 Å². The van der Waals surface area contributed by atoms with E-state index < -0.39 is 0 Å². The van der Waals surface area contributed by atoms with Crippen LogP contribution in [-0.2, 0) is 0 Å². The predicted octanol–water partition coefficient (Wildman–Crippen LogP) is 2.64. The van der Waals surface area contributed by atoms with E-state index in [0.717, 1.165) is 12.0 Å². The number of rotatable bonds is 3. The first-order chi connectivity index (χ1) is 7.79. The molecule has 2 nitrogen and oxygen atoms in total. The SMILES string of the molecule is CCCC1CCC(N2CCNC(C)C2)CC1. The molecule has 0 bridgehead atoms. The molecule has 0 aromatic heterocycles. The molecule has 1 unspecified atom stereocenters. The van der Waals surface area contributed by atoms with Crippen LogP contribution in [0.5, 0.6) is 0 Å². The number of nitrogens with one attached hydrogen (secondary N) is 1. The van der Waals surface area contributed by atoms with Gasteiger partial charge in [0.15, 0.2) is 0 Å². The molecule has 1 aliphatic heterocycles. The molecular weight excluding hydrogens is 196 g/mol. The van der Waals surface area contributed by atoms with E-state index in [0.29, 0.717) is 6.04 Å². The summed E-state index contributed by atoms with van der Waals surface area (Å²) in [5.74, 6) is 1.04. The van der Waals surface area contributed by atoms with Crippen molar-refractivity contribution in [2.45, 2.75) is 64.5 Å². The Balaban J connectivity index is 1.75. The molecule has 16 heavy (non-hydrogen) atoms. The molecule has 1 N–H and O–H groups in total. The first-order valence-corrected chi connectivity index (χ1v) is 7.27. The van der Waals surface area contributed by atoms with Crippen molar-refractivity contribution in [2.24, 2.45) is 5.92 Å². The van der Waals surface area contributed by atoms with E-state index in [-0.39, 0.29) is 0 Å². The highest BCUT2D eigenvalue weighted by atomic mass is 15.2. The van der Waals surface area contributed by atoms with Crippen molar-refractivity contribution in [1.29, 1.82) is 0 Å². The van der Waals surface area contributed by atoms with E-state index in [1.54, 1.807) is 0 Å². The second-order valence-corrected chi connectivity index (χ2v) is 5.81. The maximum atomic E-state index is 3.54. The zero-order valence-corrected chi connectivity index (χ0v) is 11.0. The molecule has 1 aliphatic carbocycles. The van der Waals surface area contributed by atoms with Gasteiger partial charge in [0.25, 0.3) is 0 Å². The molecule has 2 aliphatic rings. The van der Waals surface area contributed by atoms with Crippen molar-refractivity contribution in [2.75, 3.05) is 19.6 Å². The van der Waals surface area contributed by atoms with Crippen LogP contribution in [0.15, 0.2) is 0 Å². The number of hydrogen-bond donors (Lipinski definition) is 1. The Kier molecular flexibility index (Phi) is 4.66. The van der Waals surface area contributed by atoms with Crippen LogP contribution in [0.2, 0.25) is 0 Å². The third-order valence-corrected chi connectivity index (χ3v) is 4.43. The molecule has 0 radical (unpaired) electrons. The zero-order valence-electron chi connectivity index (χ0n) is 11.0. The van der Waals surface area contributed by atoms with Gasteiger partial charge in [-0.2, -0.15) is 0 Å². The summed E-state index contributed by atoms with van der Waals surface area (Å²) < 4.78 is 0. The van der Waals surface area contributed by atoms with E-state index in [9.17, 15) is 0 Å². The third kappa shape index (κ3) is 3.21. The Hall–Kier alpha value is -0.0800. The predicted molar refractivity (Wildman–Crippen MR) is 69.7 cm³/mol. The highest BCUT2D eigenvalue weighted by Crippen LogP contribution is 2.30. The standard InChI is InChI=1S/C14H28N2/c1-3-4-13-5-7-14(8-6-13)16-10-9-15-12(2)11-16/h12-15H,3-11H2,1-2H3. The third-order valence-electron chi connectivity index (χ3n) is 4.43. The lowest BCUT2D eigenvalue weighted by Crippen LogP contribution is -2.53. The van der Waals surface area contributed by atoms with Gasteiger partial charge in [-0.3, -0.25) is 4.90 Å². The molecule has 1 saturated heterocycles. The van der Waals surface area contributed by atoms with Gasteiger partial charge in [-0.25, -0.2) is 0 Å². The molecule has 0 amide bonds. The Morgan fingerprint density at radius 3 is 2.56 bits per heavy atom. The van der Waals surface area contributed by atoms with Gasteiger partial charge in [0.2, 0.25) is 0 Å². The van der Waals surface area contributed by atoms with E-state index in [4.69, 9.17) is 0 Å². The molecule has 2 fully saturated rings. The minimum Gasteiger partial charge on any atom is -0.312 e. The van der Waals surface area contributed by atoms with Gasteiger partial charge in [0.1, 0.15) is 0 Å². The first kappa shape index (κ1) is 12.4. The number of nitrogens with zero attached hydrogens (tertiary/aromatic N) is 1. The van der Waals surface area contributed by atoms with Gasteiger partial charge in [-0.1, -0.05) is 19.8 Å². The van der Waals surface area contributed by atoms with Crippen molar-refractivity contribution < 1.29 is 0 Å². The molecule has 0 aromatic carbocycles. The van der Waals surface area contributed by atoms with Gasteiger partial charge >= 0.3 is 0 Å². The molecule has 0 spiro atoms. The first-order valence-electron chi connectivity index (χ1n) is 7.27. The number of piperazine rings is 1. The van der Waals surface area contributed by atoms with Gasteiger partial charge in [0.05, 0.1) is 0 Å². The molecule has 1 atom stereocenters. The van der Waals surface area contributed by atoms with Crippen LogP contribution >= 0.6 is 0 Å². The Labute approximate surface area is 101 Å². The van der Waals surface area contributed by atoms with E-state index in [1.165, 1.54) is 58.2 Å². The molecule has 94 valence electrons. The Morgan fingerprint density at radius 1 is 1.19 bits per heavy atom. The summed E-state index contributed by atoms with van der Waals surface area (Å²) >= 11 is 0. The van der Waals surface area contributed by atoms with Crippen LogP contribution in [0, 0.1) is 5.92 Å². The lowest BCUT2D eigenvalue weighted by Gasteiger charge is -2.41. The molecule has 2 heteroatoms. The summed E-state index contributed by atoms with van der Waals surface area (Å²) in [5, 5.41) is 3.54. The maximum absolute atomic E-state index is 3.54. The fourth-order valence-corrected chi connectivity index (χ4v) is 3.50. The summed E-state index contributed by atoms with van der Waals surface area (Å²) in [5.41, 5.74) is 0. The zero-order chi connectivity index (χ0) is 11.4. The second kappa shape index (κ2) is 6.02. The molecule has 2 rings (SSSR count). The fourth-order valence-electron chi connectivity index (χ4n) is 3.50. The Bertz CT molecular complexity index is 197. The summed E-state index contributed by atoms with van der Waals surface area (Å²) in [6, 6.07) is 1.60. The quantitative estimate of drug-likeness (QED) is 0.793. The van der Waals surface area contributed by atoms with Crippen molar-refractivity contribution in [3.05, 3.63) is 0 Å². The summed E-state index contributed by atoms with van der Waals surface area (Å²) in [6.07, 6.45) is 8.72. The fraction of sp³-hybridized carbons (Fsp3) is 1.00. The van der Waals surface area contributed by atoms with E-state index in [2.05, 4.69) is 24.1 Å². The molecule has 1 heterocycles. The molecule has 1 saturated carbocycles. The summed E-state index contributed by atoms with van der Waals surface area (Å²) in [4.78, 5) is 2.74. The van der Waals surface area contributed by atoms with Crippen LogP contribution in [0.1, 0.15) is 52.4 Å². The maximum Gasteiger partial charge on any atom is 0.0167 e. The van der Waals surface area contributed by atoms with Crippen molar-refractivity contribution >= 4 is 0 Å². The van der Waals surface area contributed by atoms with Gasteiger partial charge < -0.3 is 5.32 Å². The number of hydrogen-bond acceptors (Lipinski definition) is 2. The van der Waals surface area contributed by atoms with Crippen molar-refractivity contribution in [3.8, 4) is 0 Å². The van der Waals surface area contributed by atoms with Crippen LogP contribution in [0.4, 0.5) is 0 Å². The van der Waals surface area contributed by atoms with Crippen LogP contribution in [-0.4, -0.2) is 36.6 Å². The highest BCUT2D eigenvalue weighted by Gasteiger charge is 2.27. The normalized spacial score (nSPS) is 37.5. The molecular formula is C14H28N2. The smallest absolute Gasteiger partial charge is 0.0167 e. The average molecular weight is 224 g/mol. The lowest BCUT2D eigenvalue weighted by molar-refractivity contribution is 0.104. The Morgan fingerprint density at radius 2 is 1.94 bits per heavy atom. The van der Waals surface area contributed by atoms with Crippen molar-refractivity contribution in [1.82, 2.24) is 10.2 Å². The van der Waals surface area contributed by atoms with E-state index >= 15 is 0 Å².